The Morgan fingerprint density at radius 2 is 2.29 bits per heavy atom. The van der Waals surface area contributed by atoms with Gasteiger partial charge >= 0.3 is 0 Å². The van der Waals surface area contributed by atoms with Crippen LogP contribution in [0.3, 0.4) is 0 Å². The molecule has 1 aromatic rings. The van der Waals surface area contributed by atoms with Crippen molar-refractivity contribution in [3.05, 3.63) is 28.8 Å². The number of benzene rings is 1. The van der Waals surface area contributed by atoms with E-state index in [9.17, 15) is 4.79 Å². The molecule has 2 saturated heterocycles. The predicted octanol–water partition coefficient (Wildman–Crippen LogP) is 2.42. The van der Waals surface area contributed by atoms with E-state index in [0.717, 1.165) is 26.1 Å². The zero-order valence-electron chi connectivity index (χ0n) is 12.4. The number of hydrogen-bond acceptors (Lipinski definition) is 3. The molecule has 1 N–H and O–H groups in total. The van der Waals surface area contributed by atoms with Crippen molar-refractivity contribution in [2.24, 2.45) is 11.8 Å². The fourth-order valence-corrected chi connectivity index (χ4v) is 3.95. The van der Waals surface area contributed by atoms with Crippen LogP contribution in [-0.2, 0) is 0 Å². The number of carbonyl (C=O) groups excluding carboxylic acids is 1. The molecule has 4 nitrogen and oxygen atoms in total. The van der Waals surface area contributed by atoms with E-state index in [-0.39, 0.29) is 5.91 Å². The number of ether oxygens (including phenoxy) is 1. The van der Waals surface area contributed by atoms with Gasteiger partial charge in [-0.2, -0.15) is 0 Å². The molecule has 5 heteroatoms. The summed E-state index contributed by atoms with van der Waals surface area (Å²) < 4.78 is 5.33. The van der Waals surface area contributed by atoms with E-state index < -0.39 is 0 Å². The van der Waals surface area contributed by atoms with Gasteiger partial charge in [0.05, 0.1) is 12.7 Å². The van der Waals surface area contributed by atoms with Gasteiger partial charge in [0, 0.05) is 30.7 Å². The minimum Gasteiger partial charge on any atom is -0.496 e. The fourth-order valence-electron chi connectivity index (χ4n) is 3.78. The van der Waals surface area contributed by atoms with Crippen molar-refractivity contribution >= 4 is 17.5 Å². The molecule has 0 aromatic heterocycles. The molecule has 2 heterocycles. The van der Waals surface area contributed by atoms with Gasteiger partial charge in [-0.15, -0.1) is 0 Å². The second-order valence-corrected chi connectivity index (χ2v) is 6.30. The van der Waals surface area contributed by atoms with Gasteiger partial charge in [-0.3, -0.25) is 4.79 Å². The first kappa shape index (κ1) is 14.7. The third-order valence-electron chi connectivity index (χ3n) is 4.79. The maximum absolute atomic E-state index is 12.9. The molecule has 114 valence electrons. The standard InChI is InChI=1S/C16H21ClN2O2/c1-3-14-13-8-18-7-10(13)9-19(14)16(20)12-6-11(17)4-5-15(12)21-2/h4-6,10,13-14,18H,3,7-9H2,1-2H3. The highest BCUT2D eigenvalue weighted by Crippen LogP contribution is 2.36. The lowest BCUT2D eigenvalue weighted by atomic mass is 9.93. The average molecular weight is 309 g/mol. The zero-order chi connectivity index (χ0) is 15.0. The van der Waals surface area contributed by atoms with E-state index in [4.69, 9.17) is 16.3 Å². The van der Waals surface area contributed by atoms with E-state index in [2.05, 4.69) is 12.2 Å². The Morgan fingerprint density at radius 1 is 1.48 bits per heavy atom. The van der Waals surface area contributed by atoms with Crippen LogP contribution in [0.4, 0.5) is 0 Å². The molecule has 1 amide bonds. The first-order chi connectivity index (χ1) is 10.2. The van der Waals surface area contributed by atoms with Crippen molar-refractivity contribution in [2.45, 2.75) is 19.4 Å². The van der Waals surface area contributed by atoms with Crippen molar-refractivity contribution in [3.8, 4) is 5.75 Å². The molecular formula is C16H21ClN2O2. The summed E-state index contributed by atoms with van der Waals surface area (Å²) in [5.74, 6) is 1.78. The second kappa shape index (κ2) is 5.85. The minimum atomic E-state index is 0.0376. The summed E-state index contributed by atoms with van der Waals surface area (Å²) in [7, 11) is 1.58. The normalized spacial score (nSPS) is 27.8. The Hall–Kier alpha value is -1.26. The van der Waals surface area contributed by atoms with E-state index >= 15 is 0 Å². The SMILES string of the molecule is CCC1C2CNCC2CN1C(=O)c1cc(Cl)ccc1OC. The molecule has 2 aliphatic rings. The third-order valence-corrected chi connectivity index (χ3v) is 5.02. The van der Waals surface area contributed by atoms with Gasteiger partial charge < -0.3 is 15.0 Å². The Balaban J connectivity index is 1.90. The van der Waals surface area contributed by atoms with Crippen molar-refractivity contribution in [3.63, 3.8) is 0 Å². The molecule has 1 aromatic carbocycles. The number of fused-ring (bicyclic) bond motifs is 1. The summed E-state index contributed by atoms with van der Waals surface area (Å²) in [4.78, 5) is 15.0. The number of carbonyl (C=O) groups is 1. The number of hydrogen-bond donors (Lipinski definition) is 1. The second-order valence-electron chi connectivity index (χ2n) is 5.86. The fraction of sp³-hybridized carbons (Fsp3) is 0.562. The van der Waals surface area contributed by atoms with Crippen molar-refractivity contribution in [1.82, 2.24) is 10.2 Å². The molecule has 0 saturated carbocycles. The van der Waals surface area contributed by atoms with Crippen LogP contribution >= 0.6 is 11.6 Å². The third kappa shape index (κ3) is 2.51. The molecule has 0 radical (unpaired) electrons. The first-order valence-electron chi connectivity index (χ1n) is 7.51. The van der Waals surface area contributed by atoms with Gasteiger partial charge in [0.1, 0.15) is 5.75 Å². The molecular weight excluding hydrogens is 288 g/mol. The van der Waals surface area contributed by atoms with Gasteiger partial charge in [-0.25, -0.2) is 0 Å². The number of likely N-dealkylation sites (tertiary alicyclic amines) is 1. The smallest absolute Gasteiger partial charge is 0.257 e. The summed E-state index contributed by atoms with van der Waals surface area (Å²) in [6.45, 7) is 5.00. The molecule has 2 fully saturated rings. The van der Waals surface area contributed by atoms with Crippen LogP contribution < -0.4 is 10.1 Å². The summed E-state index contributed by atoms with van der Waals surface area (Å²) in [6, 6.07) is 5.52. The van der Waals surface area contributed by atoms with Crippen LogP contribution in [0.15, 0.2) is 18.2 Å². The molecule has 21 heavy (non-hydrogen) atoms. The van der Waals surface area contributed by atoms with E-state index in [1.165, 1.54) is 0 Å². The Morgan fingerprint density at radius 3 is 3.00 bits per heavy atom. The topological polar surface area (TPSA) is 41.6 Å². The number of halogens is 1. The zero-order valence-corrected chi connectivity index (χ0v) is 13.2. The first-order valence-corrected chi connectivity index (χ1v) is 7.88. The summed E-state index contributed by atoms with van der Waals surface area (Å²) >= 11 is 6.05. The average Bonchev–Trinajstić information content (AvgIpc) is 3.06. The van der Waals surface area contributed by atoms with Crippen molar-refractivity contribution in [1.29, 1.82) is 0 Å². The van der Waals surface area contributed by atoms with Gasteiger partial charge in [0.15, 0.2) is 0 Å². The molecule has 2 aliphatic heterocycles. The van der Waals surface area contributed by atoms with Crippen LogP contribution in [0.2, 0.25) is 5.02 Å². The van der Waals surface area contributed by atoms with Crippen LogP contribution in [-0.4, -0.2) is 43.6 Å². The summed E-state index contributed by atoms with van der Waals surface area (Å²) in [5.41, 5.74) is 0.566. The molecule has 3 rings (SSSR count). The number of amides is 1. The Kier molecular flexibility index (Phi) is 4.09. The van der Waals surface area contributed by atoms with Crippen LogP contribution in [0.1, 0.15) is 23.7 Å². The quantitative estimate of drug-likeness (QED) is 0.932. The van der Waals surface area contributed by atoms with E-state index in [1.807, 2.05) is 4.90 Å². The largest absolute Gasteiger partial charge is 0.496 e. The highest BCUT2D eigenvalue weighted by atomic mass is 35.5. The predicted molar refractivity (Wildman–Crippen MR) is 83.0 cm³/mol. The van der Waals surface area contributed by atoms with E-state index in [1.54, 1.807) is 25.3 Å². The summed E-state index contributed by atoms with van der Waals surface area (Å²) in [6.07, 6.45) is 0.984. The molecule has 0 bridgehead atoms. The highest BCUT2D eigenvalue weighted by molar-refractivity contribution is 6.31. The van der Waals surface area contributed by atoms with Crippen molar-refractivity contribution < 1.29 is 9.53 Å². The van der Waals surface area contributed by atoms with Crippen molar-refractivity contribution in [2.75, 3.05) is 26.7 Å². The number of nitrogens with one attached hydrogen (secondary N) is 1. The van der Waals surface area contributed by atoms with E-state index in [0.29, 0.717) is 34.2 Å². The van der Waals surface area contributed by atoms with Gasteiger partial charge in [-0.05, 0) is 36.5 Å². The Bertz CT molecular complexity index is 549. The van der Waals surface area contributed by atoms with Crippen LogP contribution in [0, 0.1) is 11.8 Å². The monoisotopic (exact) mass is 308 g/mol. The summed E-state index contributed by atoms with van der Waals surface area (Å²) in [5, 5.41) is 4.00. The molecule has 0 aliphatic carbocycles. The Labute approximate surface area is 130 Å². The van der Waals surface area contributed by atoms with Gasteiger partial charge in [0.25, 0.3) is 5.91 Å². The number of methoxy groups -OCH3 is 1. The molecule has 3 atom stereocenters. The lowest BCUT2D eigenvalue weighted by molar-refractivity contribution is 0.0708. The lowest BCUT2D eigenvalue weighted by Crippen LogP contribution is -2.39. The minimum absolute atomic E-state index is 0.0376. The lowest BCUT2D eigenvalue weighted by Gasteiger charge is -2.27. The van der Waals surface area contributed by atoms with Crippen LogP contribution in [0.5, 0.6) is 5.75 Å². The van der Waals surface area contributed by atoms with Crippen LogP contribution in [0.25, 0.3) is 0 Å². The number of nitrogens with zero attached hydrogens (tertiary/aromatic N) is 1. The molecule has 0 spiro atoms. The number of rotatable bonds is 3. The van der Waals surface area contributed by atoms with Gasteiger partial charge in [0.2, 0.25) is 0 Å². The molecule has 3 unspecified atom stereocenters. The maximum Gasteiger partial charge on any atom is 0.257 e. The van der Waals surface area contributed by atoms with Gasteiger partial charge in [-0.1, -0.05) is 18.5 Å². The highest BCUT2D eigenvalue weighted by Gasteiger charge is 2.45. The maximum atomic E-state index is 12.9.